The third-order valence-corrected chi connectivity index (χ3v) is 3.03. The van der Waals surface area contributed by atoms with E-state index in [-0.39, 0.29) is 17.9 Å². The van der Waals surface area contributed by atoms with E-state index in [4.69, 9.17) is 0 Å². The van der Waals surface area contributed by atoms with E-state index < -0.39 is 0 Å². The molecular weight excluding hydrogens is 204 g/mol. The fourth-order valence-corrected chi connectivity index (χ4v) is 1.99. The molecule has 0 radical (unpaired) electrons. The SMILES string of the molecule is C=CCNC(=O)C(C)N1CCCC(C=O)C1. The quantitative estimate of drug-likeness (QED) is 0.549. The highest BCUT2D eigenvalue weighted by atomic mass is 16.2. The van der Waals surface area contributed by atoms with Crippen LogP contribution in [0, 0.1) is 5.92 Å². The van der Waals surface area contributed by atoms with Gasteiger partial charge in [-0.3, -0.25) is 9.69 Å². The highest BCUT2D eigenvalue weighted by molar-refractivity contribution is 5.81. The van der Waals surface area contributed by atoms with Crippen LogP contribution in [0.3, 0.4) is 0 Å². The molecule has 1 rings (SSSR count). The summed E-state index contributed by atoms with van der Waals surface area (Å²) in [6.45, 7) is 7.53. The van der Waals surface area contributed by atoms with Gasteiger partial charge >= 0.3 is 0 Å². The largest absolute Gasteiger partial charge is 0.351 e. The van der Waals surface area contributed by atoms with Crippen molar-refractivity contribution in [2.24, 2.45) is 5.92 Å². The van der Waals surface area contributed by atoms with Crippen LogP contribution in [0.2, 0.25) is 0 Å². The number of carbonyl (C=O) groups is 2. The standard InChI is InChI=1S/C12H20N2O2/c1-3-6-13-12(16)10(2)14-7-4-5-11(8-14)9-15/h3,9-11H,1,4-8H2,2H3,(H,13,16). The maximum atomic E-state index is 11.7. The molecule has 1 aliphatic rings. The molecule has 0 aromatic heterocycles. The molecule has 1 amide bonds. The highest BCUT2D eigenvalue weighted by Crippen LogP contribution is 2.16. The van der Waals surface area contributed by atoms with Gasteiger partial charge in [0, 0.05) is 19.0 Å². The molecule has 16 heavy (non-hydrogen) atoms. The van der Waals surface area contributed by atoms with Crippen molar-refractivity contribution >= 4 is 12.2 Å². The normalized spacial score (nSPS) is 23.4. The summed E-state index contributed by atoms with van der Waals surface area (Å²) in [4.78, 5) is 24.5. The summed E-state index contributed by atoms with van der Waals surface area (Å²) in [7, 11) is 0. The fraction of sp³-hybridized carbons (Fsp3) is 0.667. The molecule has 0 aromatic carbocycles. The Morgan fingerprint density at radius 3 is 3.06 bits per heavy atom. The number of hydrogen-bond donors (Lipinski definition) is 1. The van der Waals surface area contributed by atoms with Crippen LogP contribution in [0.15, 0.2) is 12.7 Å². The molecule has 0 saturated carbocycles. The lowest BCUT2D eigenvalue weighted by Gasteiger charge is -2.34. The van der Waals surface area contributed by atoms with Gasteiger partial charge in [0.15, 0.2) is 0 Å². The molecule has 1 saturated heterocycles. The Morgan fingerprint density at radius 1 is 1.69 bits per heavy atom. The molecule has 90 valence electrons. The van der Waals surface area contributed by atoms with Crippen molar-refractivity contribution < 1.29 is 9.59 Å². The number of aldehydes is 1. The van der Waals surface area contributed by atoms with Crippen molar-refractivity contribution in [1.82, 2.24) is 10.2 Å². The second-order valence-corrected chi connectivity index (χ2v) is 4.24. The number of piperidine rings is 1. The van der Waals surface area contributed by atoms with E-state index in [1.807, 2.05) is 6.92 Å². The summed E-state index contributed by atoms with van der Waals surface area (Å²) in [5.74, 6) is 0.0925. The molecule has 0 aromatic rings. The van der Waals surface area contributed by atoms with Crippen LogP contribution in [0.1, 0.15) is 19.8 Å². The van der Waals surface area contributed by atoms with Crippen LogP contribution in [0.4, 0.5) is 0 Å². The highest BCUT2D eigenvalue weighted by Gasteiger charge is 2.26. The molecule has 0 spiro atoms. The molecule has 4 nitrogen and oxygen atoms in total. The molecule has 0 aliphatic carbocycles. The molecule has 2 atom stereocenters. The Balaban J connectivity index is 2.45. The third kappa shape index (κ3) is 3.45. The molecule has 1 fully saturated rings. The first-order chi connectivity index (χ1) is 7.69. The average Bonchev–Trinajstić information content (AvgIpc) is 2.35. The second kappa shape index (κ2) is 6.43. The first kappa shape index (κ1) is 12.9. The van der Waals surface area contributed by atoms with Gasteiger partial charge in [0.25, 0.3) is 0 Å². The topological polar surface area (TPSA) is 49.4 Å². The monoisotopic (exact) mass is 224 g/mol. The minimum absolute atomic E-state index is 0.00597. The maximum absolute atomic E-state index is 11.7. The van der Waals surface area contributed by atoms with Crippen LogP contribution in [-0.2, 0) is 9.59 Å². The summed E-state index contributed by atoms with van der Waals surface area (Å²) in [6.07, 6.45) is 4.60. The Morgan fingerprint density at radius 2 is 2.44 bits per heavy atom. The van der Waals surface area contributed by atoms with Gasteiger partial charge in [-0.15, -0.1) is 6.58 Å². The van der Waals surface area contributed by atoms with Crippen LogP contribution in [0.25, 0.3) is 0 Å². The van der Waals surface area contributed by atoms with Gasteiger partial charge < -0.3 is 10.1 Å². The Kier molecular flexibility index (Phi) is 5.19. The van der Waals surface area contributed by atoms with E-state index >= 15 is 0 Å². The van der Waals surface area contributed by atoms with Gasteiger partial charge in [0.1, 0.15) is 6.29 Å². The van der Waals surface area contributed by atoms with Crippen LogP contribution in [-0.4, -0.2) is 42.8 Å². The second-order valence-electron chi connectivity index (χ2n) is 4.24. The fourth-order valence-electron chi connectivity index (χ4n) is 1.99. The Labute approximate surface area is 96.7 Å². The molecule has 1 aliphatic heterocycles. The summed E-state index contributed by atoms with van der Waals surface area (Å²) >= 11 is 0. The molecular formula is C12H20N2O2. The average molecular weight is 224 g/mol. The number of rotatable bonds is 5. The van der Waals surface area contributed by atoms with Gasteiger partial charge in [-0.25, -0.2) is 0 Å². The molecule has 0 bridgehead atoms. The molecule has 1 N–H and O–H groups in total. The summed E-state index contributed by atoms with van der Waals surface area (Å²) < 4.78 is 0. The number of likely N-dealkylation sites (tertiary alicyclic amines) is 1. The first-order valence-electron chi connectivity index (χ1n) is 5.77. The smallest absolute Gasteiger partial charge is 0.237 e. The zero-order valence-electron chi connectivity index (χ0n) is 9.82. The molecule has 2 unspecified atom stereocenters. The number of hydrogen-bond acceptors (Lipinski definition) is 3. The van der Waals surface area contributed by atoms with Crippen molar-refractivity contribution in [2.75, 3.05) is 19.6 Å². The lowest BCUT2D eigenvalue weighted by molar-refractivity contribution is -0.127. The first-order valence-corrected chi connectivity index (χ1v) is 5.77. The summed E-state index contributed by atoms with van der Waals surface area (Å²) in [5, 5.41) is 2.78. The van der Waals surface area contributed by atoms with Gasteiger partial charge in [-0.1, -0.05) is 6.08 Å². The van der Waals surface area contributed by atoms with E-state index in [1.165, 1.54) is 0 Å². The van der Waals surface area contributed by atoms with Crippen LogP contribution in [0.5, 0.6) is 0 Å². The number of carbonyl (C=O) groups excluding carboxylic acids is 2. The molecule has 1 heterocycles. The minimum Gasteiger partial charge on any atom is -0.351 e. The van der Waals surface area contributed by atoms with Gasteiger partial charge in [0.2, 0.25) is 5.91 Å². The van der Waals surface area contributed by atoms with E-state index in [1.54, 1.807) is 6.08 Å². The van der Waals surface area contributed by atoms with Crippen molar-refractivity contribution in [1.29, 1.82) is 0 Å². The van der Waals surface area contributed by atoms with Gasteiger partial charge in [0.05, 0.1) is 6.04 Å². The molecule has 4 heteroatoms. The lowest BCUT2D eigenvalue weighted by atomic mass is 9.98. The van der Waals surface area contributed by atoms with Gasteiger partial charge in [-0.05, 0) is 26.3 Å². The predicted molar refractivity (Wildman–Crippen MR) is 63.0 cm³/mol. The lowest BCUT2D eigenvalue weighted by Crippen LogP contribution is -2.49. The number of amides is 1. The minimum atomic E-state index is -0.164. The van der Waals surface area contributed by atoms with Crippen molar-refractivity contribution in [3.05, 3.63) is 12.7 Å². The van der Waals surface area contributed by atoms with E-state index in [0.29, 0.717) is 13.1 Å². The zero-order chi connectivity index (χ0) is 12.0. The van der Waals surface area contributed by atoms with Gasteiger partial charge in [-0.2, -0.15) is 0 Å². The van der Waals surface area contributed by atoms with E-state index in [2.05, 4.69) is 16.8 Å². The zero-order valence-corrected chi connectivity index (χ0v) is 9.82. The van der Waals surface area contributed by atoms with Crippen molar-refractivity contribution in [2.45, 2.75) is 25.8 Å². The third-order valence-electron chi connectivity index (χ3n) is 3.03. The number of nitrogens with zero attached hydrogens (tertiary/aromatic N) is 1. The van der Waals surface area contributed by atoms with Crippen molar-refractivity contribution in [3.63, 3.8) is 0 Å². The number of nitrogens with one attached hydrogen (secondary N) is 1. The van der Waals surface area contributed by atoms with E-state index in [0.717, 1.165) is 25.7 Å². The van der Waals surface area contributed by atoms with E-state index in [9.17, 15) is 9.59 Å². The Hall–Kier alpha value is -1.16. The summed E-state index contributed by atoms with van der Waals surface area (Å²) in [6, 6.07) is -0.164. The summed E-state index contributed by atoms with van der Waals surface area (Å²) in [5.41, 5.74) is 0. The predicted octanol–water partition coefficient (Wildman–Crippen LogP) is 0.588. The Bertz CT molecular complexity index is 266. The van der Waals surface area contributed by atoms with Crippen molar-refractivity contribution in [3.8, 4) is 0 Å². The van der Waals surface area contributed by atoms with Crippen LogP contribution >= 0.6 is 0 Å². The maximum Gasteiger partial charge on any atom is 0.237 e. The van der Waals surface area contributed by atoms with Crippen LogP contribution < -0.4 is 5.32 Å².